The minimum Gasteiger partial charge on any atom is -0.456 e. The highest BCUT2D eigenvalue weighted by molar-refractivity contribution is 6.35. The molecule has 2 heterocycles. The lowest BCUT2D eigenvalue weighted by Gasteiger charge is -2.29. The zero-order chi connectivity index (χ0) is 45.6. The third kappa shape index (κ3) is 6.07. The van der Waals surface area contributed by atoms with Crippen molar-refractivity contribution in [2.45, 2.75) is 39.5 Å². The van der Waals surface area contributed by atoms with Gasteiger partial charge >= 0.3 is 0 Å². The summed E-state index contributed by atoms with van der Waals surface area (Å²) in [4.78, 5) is 4.83. The Kier molecular flexibility index (Phi) is 9.20. The Morgan fingerprint density at radius 1 is 0.279 bits per heavy atom. The van der Waals surface area contributed by atoms with E-state index in [0.717, 1.165) is 99.5 Å². The van der Waals surface area contributed by atoms with Crippen molar-refractivity contribution < 1.29 is 8.83 Å². The van der Waals surface area contributed by atoms with Crippen molar-refractivity contribution in [3.05, 3.63) is 217 Å². The molecule has 11 aromatic carbocycles. The van der Waals surface area contributed by atoms with Gasteiger partial charge in [0.15, 0.2) is 0 Å². The van der Waals surface area contributed by atoms with E-state index < -0.39 is 0 Å². The van der Waals surface area contributed by atoms with Gasteiger partial charge in [-0.1, -0.05) is 173 Å². The van der Waals surface area contributed by atoms with Crippen molar-refractivity contribution in [2.75, 3.05) is 9.80 Å². The second-order valence-corrected chi connectivity index (χ2v) is 18.7. The van der Waals surface area contributed by atoms with Crippen LogP contribution in [0.3, 0.4) is 0 Å². The summed E-state index contributed by atoms with van der Waals surface area (Å²) in [7, 11) is 0. The standard InChI is InChI=1S/C64H48N2O2/c1-39(2)43-31-33-53(47-25-13-11-23-45(43)47)65(41-19-7-5-8-20-41)55-37-59-61(51-29-17-15-27-49(51)55)63-57(67-59)35-36-58-64(63)62-52-30-18-16-28-50(52)56(38-60(62)68-58)66(42-21-9-6-10-22-42)54-34-32-44(40(3)4)46-24-12-14-26-48(46)54/h5-40H,1-4H3. The smallest absolute Gasteiger partial charge is 0.138 e. The highest BCUT2D eigenvalue weighted by atomic mass is 16.3. The second-order valence-electron chi connectivity index (χ2n) is 18.7. The van der Waals surface area contributed by atoms with Crippen LogP contribution in [0.4, 0.5) is 34.1 Å². The molecule has 0 amide bonds. The monoisotopic (exact) mass is 876 g/mol. The van der Waals surface area contributed by atoms with Gasteiger partial charge in [-0.25, -0.2) is 0 Å². The van der Waals surface area contributed by atoms with Crippen LogP contribution in [0, 0.1) is 0 Å². The van der Waals surface area contributed by atoms with Gasteiger partial charge in [0, 0.05) is 66.6 Å². The number of para-hydroxylation sites is 2. The number of benzene rings is 11. The molecule has 0 saturated heterocycles. The first-order valence-electron chi connectivity index (χ1n) is 23.8. The summed E-state index contributed by atoms with van der Waals surface area (Å²) in [6.45, 7) is 9.09. The lowest BCUT2D eigenvalue weighted by Crippen LogP contribution is -2.11. The van der Waals surface area contributed by atoms with Crippen LogP contribution >= 0.6 is 0 Å². The molecule has 0 atom stereocenters. The maximum absolute atomic E-state index is 7.07. The van der Waals surface area contributed by atoms with Crippen LogP contribution in [0.5, 0.6) is 0 Å². The van der Waals surface area contributed by atoms with Crippen molar-refractivity contribution in [1.82, 2.24) is 0 Å². The van der Waals surface area contributed by atoms with Crippen LogP contribution in [0.2, 0.25) is 0 Å². The molecule has 68 heavy (non-hydrogen) atoms. The normalized spacial score (nSPS) is 12.1. The number of fused-ring (bicyclic) bond motifs is 13. The number of anilines is 6. The fourth-order valence-corrected chi connectivity index (χ4v) is 11.2. The third-order valence-corrected chi connectivity index (χ3v) is 14.1. The van der Waals surface area contributed by atoms with E-state index in [1.807, 2.05) is 0 Å². The Hall–Kier alpha value is -8.34. The predicted molar refractivity (Wildman–Crippen MR) is 289 cm³/mol. The van der Waals surface area contributed by atoms with Crippen LogP contribution < -0.4 is 9.80 Å². The number of hydrogen-bond acceptors (Lipinski definition) is 4. The molecule has 0 unspecified atom stereocenters. The van der Waals surface area contributed by atoms with Gasteiger partial charge in [-0.05, 0) is 93.0 Å². The topological polar surface area (TPSA) is 32.8 Å². The maximum Gasteiger partial charge on any atom is 0.138 e. The number of furan rings is 2. The fourth-order valence-electron chi connectivity index (χ4n) is 11.2. The van der Waals surface area contributed by atoms with Crippen molar-refractivity contribution in [1.29, 1.82) is 0 Å². The highest BCUT2D eigenvalue weighted by Gasteiger charge is 2.27. The van der Waals surface area contributed by atoms with Crippen LogP contribution in [0.25, 0.3) is 87.0 Å². The summed E-state index contributed by atoms with van der Waals surface area (Å²) in [5, 5.41) is 13.7. The van der Waals surface area contributed by atoms with Gasteiger partial charge in [-0.15, -0.1) is 0 Å². The molecule has 13 aromatic rings. The minimum absolute atomic E-state index is 0.386. The van der Waals surface area contributed by atoms with Crippen molar-refractivity contribution >= 4 is 121 Å². The van der Waals surface area contributed by atoms with Crippen LogP contribution in [-0.2, 0) is 0 Å². The van der Waals surface area contributed by atoms with E-state index in [1.165, 1.54) is 32.7 Å². The summed E-state index contributed by atoms with van der Waals surface area (Å²) in [5.41, 5.74) is 12.5. The molecule has 0 spiro atoms. The molecular formula is C64H48N2O2. The Balaban J connectivity index is 1.09. The average Bonchev–Trinajstić information content (AvgIpc) is 3.95. The molecule has 326 valence electrons. The predicted octanol–water partition coefficient (Wildman–Crippen LogP) is 19.3. The molecule has 4 heteroatoms. The first-order chi connectivity index (χ1) is 33.4. The first kappa shape index (κ1) is 40.0. The molecule has 2 aromatic heterocycles. The maximum atomic E-state index is 7.07. The van der Waals surface area contributed by atoms with Gasteiger partial charge in [-0.3, -0.25) is 0 Å². The largest absolute Gasteiger partial charge is 0.456 e. The Morgan fingerprint density at radius 2 is 0.603 bits per heavy atom. The van der Waals surface area contributed by atoms with E-state index in [1.54, 1.807) is 0 Å². The van der Waals surface area contributed by atoms with Crippen LogP contribution in [-0.4, -0.2) is 0 Å². The average molecular weight is 877 g/mol. The summed E-state index contributed by atoms with van der Waals surface area (Å²) in [6.07, 6.45) is 0. The Bertz CT molecular complexity index is 3840. The molecular weight excluding hydrogens is 829 g/mol. The molecule has 0 N–H and O–H groups in total. The van der Waals surface area contributed by atoms with Crippen molar-refractivity contribution in [2.24, 2.45) is 0 Å². The molecule has 0 radical (unpaired) electrons. The second kappa shape index (κ2) is 15.6. The van der Waals surface area contributed by atoms with Gasteiger partial charge in [0.05, 0.1) is 22.7 Å². The van der Waals surface area contributed by atoms with E-state index in [0.29, 0.717) is 11.8 Å². The van der Waals surface area contributed by atoms with E-state index in [9.17, 15) is 0 Å². The number of nitrogens with zero attached hydrogens (tertiary/aromatic N) is 2. The van der Waals surface area contributed by atoms with Crippen LogP contribution in [0.15, 0.2) is 215 Å². The van der Waals surface area contributed by atoms with Gasteiger partial charge in [0.25, 0.3) is 0 Å². The lowest BCUT2D eigenvalue weighted by molar-refractivity contribution is 0.663. The molecule has 13 rings (SSSR count). The Labute approximate surface area is 394 Å². The third-order valence-electron chi connectivity index (χ3n) is 14.1. The summed E-state index contributed by atoms with van der Waals surface area (Å²) in [6, 6.07) is 74.6. The molecule has 0 saturated carbocycles. The number of hydrogen-bond donors (Lipinski definition) is 0. The first-order valence-corrected chi connectivity index (χ1v) is 23.8. The molecule has 4 nitrogen and oxygen atoms in total. The van der Waals surface area contributed by atoms with Crippen LogP contribution in [0.1, 0.15) is 50.7 Å². The lowest BCUT2D eigenvalue weighted by atomic mass is 9.93. The summed E-state index contributed by atoms with van der Waals surface area (Å²) >= 11 is 0. The molecule has 0 aliphatic heterocycles. The van der Waals surface area contributed by atoms with E-state index >= 15 is 0 Å². The molecule has 0 fully saturated rings. The SMILES string of the molecule is CC(C)c1ccc(N(c2ccccc2)c2cc3oc4ccc5oc6cc(N(c7ccccc7)c7ccc(C(C)C)c8ccccc78)c7ccccc7c6c5c4c3c3ccccc23)c2ccccc12. The molecule has 0 aliphatic carbocycles. The zero-order valence-electron chi connectivity index (χ0n) is 38.5. The van der Waals surface area contributed by atoms with E-state index in [-0.39, 0.29) is 0 Å². The minimum atomic E-state index is 0.386. The highest BCUT2D eigenvalue weighted by Crippen LogP contribution is 2.52. The fraction of sp³-hybridized carbons (Fsp3) is 0.0938. The van der Waals surface area contributed by atoms with Gasteiger partial charge in [0.2, 0.25) is 0 Å². The van der Waals surface area contributed by atoms with Gasteiger partial charge in [-0.2, -0.15) is 0 Å². The molecule has 0 bridgehead atoms. The molecule has 0 aliphatic rings. The quantitative estimate of drug-likeness (QED) is 0.152. The van der Waals surface area contributed by atoms with Crippen molar-refractivity contribution in [3.8, 4) is 0 Å². The zero-order valence-corrected chi connectivity index (χ0v) is 38.5. The summed E-state index contributed by atoms with van der Waals surface area (Å²) in [5.74, 6) is 0.771. The van der Waals surface area contributed by atoms with Gasteiger partial charge < -0.3 is 18.6 Å². The van der Waals surface area contributed by atoms with E-state index in [2.05, 4.69) is 244 Å². The number of rotatable bonds is 8. The van der Waals surface area contributed by atoms with Gasteiger partial charge in [0.1, 0.15) is 22.3 Å². The van der Waals surface area contributed by atoms with Crippen molar-refractivity contribution in [3.63, 3.8) is 0 Å². The summed E-state index contributed by atoms with van der Waals surface area (Å²) < 4.78 is 14.1. The van der Waals surface area contributed by atoms with E-state index in [4.69, 9.17) is 8.83 Å². The Morgan fingerprint density at radius 3 is 0.971 bits per heavy atom.